The molecule has 0 aromatic heterocycles. The largest absolute Gasteiger partial charge is 0.450 e. The maximum Gasteiger partial charge on any atom is 0.407 e. The lowest BCUT2D eigenvalue weighted by molar-refractivity contribution is 0.152. The average Bonchev–Trinajstić information content (AvgIpc) is 2.42. The van der Waals surface area contributed by atoms with Crippen molar-refractivity contribution >= 4 is 28.1 Å². The number of rotatable bonds is 6. The molecule has 20 heavy (non-hydrogen) atoms. The molecule has 0 saturated heterocycles. The molecule has 7 heteroatoms. The standard InChI is InChI=1S/C13H18BrN3O3/c1-2-20-13(19)16-7-6-15-12(18)17-9-10-4-3-5-11(14)8-10/h3-5,8H,2,6-7,9H2,1H3,(H,16,19)(H2,15,17,18). The van der Waals surface area contributed by atoms with E-state index in [0.717, 1.165) is 10.0 Å². The van der Waals surface area contributed by atoms with Crippen LogP contribution >= 0.6 is 15.9 Å². The number of benzene rings is 1. The quantitative estimate of drug-likeness (QED) is 0.691. The second-order valence-electron chi connectivity index (χ2n) is 3.89. The Morgan fingerprint density at radius 1 is 1.20 bits per heavy atom. The van der Waals surface area contributed by atoms with Crippen LogP contribution in [-0.4, -0.2) is 31.8 Å². The minimum Gasteiger partial charge on any atom is -0.450 e. The molecule has 0 spiro atoms. The molecule has 0 heterocycles. The van der Waals surface area contributed by atoms with Crippen molar-refractivity contribution in [2.75, 3.05) is 19.7 Å². The smallest absolute Gasteiger partial charge is 0.407 e. The Morgan fingerprint density at radius 3 is 2.65 bits per heavy atom. The van der Waals surface area contributed by atoms with E-state index in [1.165, 1.54) is 0 Å². The summed E-state index contributed by atoms with van der Waals surface area (Å²) in [4.78, 5) is 22.5. The zero-order valence-electron chi connectivity index (χ0n) is 11.2. The Kier molecular flexibility index (Phi) is 7.49. The molecule has 0 fully saturated rings. The summed E-state index contributed by atoms with van der Waals surface area (Å²) in [6, 6.07) is 7.40. The third-order valence-corrected chi connectivity index (χ3v) is 2.79. The molecule has 0 bridgehead atoms. The minimum absolute atomic E-state index is 0.282. The summed E-state index contributed by atoms with van der Waals surface area (Å²) < 4.78 is 5.65. The first kappa shape index (κ1) is 16.3. The molecule has 0 aliphatic rings. The average molecular weight is 344 g/mol. The number of ether oxygens (including phenoxy) is 1. The van der Waals surface area contributed by atoms with Gasteiger partial charge in [0.2, 0.25) is 0 Å². The number of nitrogens with one attached hydrogen (secondary N) is 3. The molecule has 0 aliphatic heterocycles. The molecule has 0 unspecified atom stereocenters. The Bertz CT molecular complexity index is 454. The second kappa shape index (κ2) is 9.19. The van der Waals surface area contributed by atoms with Crippen LogP contribution in [0.5, 0.6) is 0 Å². The van der Waals surface area contributed by atoms with Gasteiger partial charge in [0.1, 0.15) is 0 Å². The fraction of sp³-hybridized carbons (Fsp3) is 0.385. The maximum absolute atomic E-state index is 11.5. The lowest BCUT2D eigenvalue weighted by Gasteiger charge is -2.08. The summed E-state index contributed by atoms with van der Waals surface area (Å²) in [5.74, 6) is 0. The first-order valence-electron chi connectivity index (χ1n) is 6.28. The van der Waals surface area contributed by atoms with Gasteiger partial charge in [-0.3, -0.25) is 0 Å². The van der Waals surface area contributed by atoms with Crippen molar-refractivity contribution in [2.45, 2.75) is 13.5 Å². The third-order valence-electron chi connectivity index (χ3n) is 2.30. The van der Waals surface area contributed by atoms with Crippen LogP contribution in [0.15, 0.2) is 28.7 Å². The summed E-state index contributed by atoms with van der Waals surface area (Å²) in [6.45, 7) is 3.16. The van der Waals surface area contributed by atoms with Gasteiger partial charge in [-0.25, -0.2) is 9.59 Å². The van der Waals surface area contributed by atoms with Gasteiger partial charge in [0.15, 0.2) is 0 Å². The topological polar surface area (TPSA) is 79.5 Å². The lowest BCUT2D eigenvalue weighted by Crippen LogP contribution is -2.40. The van der Waals surface area contributed by atoms with E-state index in [1.807, 2.05) is 24.3 Å². The molecule has 0 atom stereocenters. The molecule has 0 saturated carbocycles. The van der Waals surface area contributed by atoms with Crippen molar-refractivity contribution < 1.29 is 14.3 Å². The van der Waals surface area contributed by atoms with Crippen LogP contribution in [0.25, 0.3) is 0 Å². The van der Waals surface area contributed by atoms with Gasteiger partial charge in [-0.1, -0.05) is 28.1 Å². The van der Waals surface area contributed by atoms with E-state index in [-0.39, 0.29) is 6.03 Å². The number of hydrogen-bond donors (Lipinski definition) is 3. The van der Waals surface area contributed by atoms with E-state index in [2.05, 4.69) is 36.6 Å². The zero-order chi connectivity index (χ0) is 14.8. The molecular weight excluding hydrogens is 326 g/mol. The summed E-state index contributed by atoms with van der Waals surface area (Å²) in [5, 5.41) is 7.87. The first-order chi connectivity index (χ1) is 9.61. The van der Waals surface area contributed by atoms with Crippen molar-refractivity contribution in [1.29, 1.82) is 0 Å². The third kappa shape index (κ3) is 6.98. The van der Waals surface area contributed by atoms with E-state index >= 15 is 0 Å². The highest BCUT2D eigenvalue weighted by Gasteiger charge is 2.02. The number of carbonyl (C=O) groups excluding carboxylic acids is 2. The summed E-state index contributed by atoms with van der Waals surface area (Å²) in [5.41, 5.74) is 0.999. The minimum atomic E-state index is -0.483. The van der Waals surface area contributed by atoms with Gasteiger partial charge in [-0.05, 0) is 24.6 Å². The number of alkyl carbamates (subject to hydrolysis) is 1. The Morgan fingerprint density at radius 2 is 1.95 bits per heavy atom. The highest BCUT2D eigenvalue weighted by atomic mass is 79.9. The van der Waals surface area contributed by atoms with Crippen LogP contribution in [0.4, 0.5) is 9.59 Å². The molecule has 0 aliphatic carbocycles. The number of urea groups is 1. The number of amides is 3. The second-order valence-corrected chi connectivity index (χ2v) is 4.80. The Hall–Kier alpha value is -1.76. The monoisotopic (exact) mass is 343 g/mol. The van der Waals surface area contributed by atoms with E-state index in [1.54, 1.807) is 6.92 Å². The van der Waals surface area contributed by atoms with Crippen molar-refractivity contribution in [3.05, 3.63) is 34.3 Å². The number of halogens is 1. The lowest BCUT2D eigenvalue weighted by atomic mass is 10.2. The van der Waals surface area contributed by atoms with E-state index in [0.29, 0.717) is 26.2 Å². The predicted octanol–water partition coefficient (Wildman–Crippen LogP) is 1.99. The fourth-order valence-electron chi connectivity index (χ4n) is 1.41. The summed E-state index contributed by atoms with van der Waals surface area (Å²) >= 11 is 3.37. The van der Waals surface area contributed by atoms with E-state index < -0.39 is 6.09 Å². The highest BCUT2D eigenvalue weighted by Crippen LogP contribution is 2.11. The maximum atomic E-state index is 11.5. The molecule has 3 N–H and O–H groups in total. The van der Waals surface area contributed by atoms with E-state index in [4.69, 9.17) is 0 Å². The normalized spacial score (nSPS) is 9.70. The predicted molar refractivity (Wildman–Crippen MR) is 79.4 cm³/mol. The Labute approximate surface area is 126 Å². The molecule has 3 amide bonds. The van der Waals surface area contributed by atoms with Crippen LogP contribution in [0.2, 0.25) is 0 Å². The molecule has 1 aromatic rings. The van der Waals surface area contributed by atoms with Crippen molar-refractivity contribution in [1.82, 2.24) is 16.0 Å². The zero-order valence-corrected chi connectivity index (χ0v) is 12.8. The molecule has 6 nitrogen and oxygen atoms in total. The summed E-state index contributed by atoms with van der Waals surface area (Å²) in [7, 11) is 0. The Balaban J connectivity index is 2.13. The van der Waals surface area contributed by atoms with Gasteiger partial charge >= 0.3 is 12.1 Å². The van der Waals surface area contributed by atoms with Gasteiger partial charge < -0.3 is 20.7 Å². The van der Waals surface area contributed by atoms with Crippen molar-refractivity contribution in [3.8, 4) is 0 Å². The SMILES string of the molecule is CCOC(=O)NCCNC(=O)NCc1cccc(Br)c1. The van der Waals surface area contributed by atoms with Crippen LogP contribution in [-0.2, 0) is 11.3 Å². The molecule has 1 aromatic carbocycles. The van der Waals surface area contributed by atoms with Crippen molar-refractivity contribution in [3.63, 3.8) is 0 Å². The van der Waals surface area contributed by atoms with Gasteiger partial charge in [0, 0.05) is 24.1 Å². The molecule has 110 valence electrons. The van der Waals surface area contributed by atoms with Crippen LogP contribution in [0.3, 0.4) is 0 Å². The van der Waals surface area contributed by atoms with Crippen LogP contribution in [0.1, 0.15) is 12.5 Å². The van der Waals surface area contributed by atoms with Gasteiger partial charge in [0.25, 0.3) is 0 Å². The number of carbonyl (C=O) groups is 2. The fourth-order valence-corrected chi connectivity index (χ4v) is 1.86. The summed E-state index contributed by atoms with van der Waals surface area (Å²) in [6.07, 6.45) is -0.483. The van der Waals surface area contributed by atoms with Crippen molar-refractivity contribution in [2.24, 2.45) is 0 Å². The first-order valence-corrected chi connectivity index (χ1v) is 7.08. The number of hydrogen-bond acceptors (Lipinski definition) is 3. The van der Waals surface area contributed by atoms with Gasteiger partial charge in [-0.15, -0.1) is 0 Å². The highest BCUT2D eigenvalue weighted by molar-refractivity contribution is 9.10. The van der Waals surface area contributed by atoms with Gasteiger partial charge in [-0.2, -0.15) is 0 Å². The molecule has 1 rings (SSSR count). The van der Waals surface area contributed by atoms with Crippen LogP contribution < -0.4 is 16.0 Å². The molecular formula is C13H18BrN3O3. The van der Waals surface area contributed by atoms with Gasteiger partial charge in [0.05, 0.1) is 6.61 Å². The van der Waals surface area contributed by atoms with E-state index in [9.17, 15) is 9.59 Å². The molecule has 0 radical (unpaired) electrons. The van der Waals surface area contributed by atoms with Crippen LogP contribution in [0, 0.1) is 0 Å².